The Labute approximate surface area is 143 Å². The van der Waals surface area contributed by atoms with Gasteiger partial charge in [-0.05, 0) is 37.9 Å². The molecule has 1 fully saturated rings. The molecular formula is C15H24ClN3O3S. The van der Waals surface area contributed by atoms with Crippen molar-refractivity contribution in [3.05, 3.63) is 29.8 Å². The molecule has 0 saturated carbocycles. The summed E-state index contributed by atoms with van der Waals surface area (Å²) in [5.41, 5.74) is 0.685. The number of hydrogen-bond acceptors (Lipinski definition) is 4. The number of benzene rings is 1. The second-order valence-corrected chi connectivity index (χ2v) is 7.33. The number of rotatable bonds is 6. The summed E-state index contributed by atoms with van der Waals surface area (Å²) in [4.78, 5) is 12.4. The Morgan fingerprint density at radius 3 is 2.74 bits per heavy atom. The number of hydrogen-bond donors (Lipinski definition) is 3. The fourth-order valence-electron chi connectivity index (χ4n) is 2.50. The number of nitrogens with one attached hydrogen (secondary N) is 3. The molecule has 3 N–H and O–H groups in total. The third-order valence-corrected chi connectivity index (χ3v) is 5.02. The predicted molar refractivity (Wildman–Crippen MR) is 94.7 cm³/mol. The summed E-state index contributed by atoms with van der Waals surface area (Å²) in [7, 11) is -3.42. The highest BCUT2D eigenvalue weighted by Crippen LogP contribution is 2.17. The Bertz CT molecular complexity index is 616. The minimum atomic E-state index is -3.42. The molecule has 1 heterocycles. The molecule has 0 spiro atoms. The lowest BCUT2D eigenvalue weighted by molar-refractivity contribution is 0.0931. The second kappa shape index (κ2) is 9.10. The third kappa shape index (κ3) is 6.01. The topological polar surface area (TPSA) is 87.3 Å². The second-order valence-electron chi connectivity index (χ2n) is 5.48. The van der Waals surface area contributed by atoms with Gasteiger partial charge in [0.2, 0.25) is 10.0 Å². The van der Waals surface area contributed by atoms with Crippen LogP contribution >= 0.6 is 12.4 Å². The van der Waals surface area contributed by atoms with Crippen LogP contribution in [0.3, 0.4) is 0 Å². The summed E-state index contributed by atoms with van der Waals surface area (Å²) < 4.78 is 26.3. The lowest BCUT2D eigenvalue weighted by Gasteiger charge is -2.24. The molecule has 0 aliphatic carbocycles. The van der Waals surface area contributed by atoms with Crippen LogP contribution in [0, 0.1) is 0 Å². The smallest absolute Gasteiger partial charge is 0.253 e. The molecule has 23 heavy (non-hydrogen) atoms. The highest BCUT2D eigenvalue weighted by molar-refractivity contribution is 7.92. The Morgan fingerprint density at radius 2 is 2.09 bits per heavy atom. The maximum absolute atomic E-state index is 12.4. The van der Waals surface area contributed by atoms with E-state index in [2.05, 4.69) is 15.4 Å². The Balaban J connectivity index is 0.00000264. The molecule has 1 saturated heterocycles. The Hall–Kier alpha value is -1.31. The van der Waals surface area contributed by atoms with Crippen LogP contribution in [-0.4, -0.2) is 39.2 Å². The standard InChI is InChI=1S/C15H23N3O3S.ClH/c1-2-10-22(20,21)18-14-8-4-3-7-13(14)15(19)17-12-6-5-9-16-11-12;/h3-4,7-8,12,16,18H,2,5-6,9-11H2,1H3,(H,17,19);1H/t12-;/m0./s1. The molecule has 2 rings (SSSR count). The van der Waals surface area contributed by atoms with Gasteiger partial charge in [0.05, 0.1) is 17.0 Å². The van der Waals surface area contributed by atoms with Crippen molar-refractivity contribution >= 4 is 34.0 Å². The lowest BCUT2D eigenvalue weighted by Crippen LogP contribution is -2.45. The van der Waals surface area contributed by atoms with Crippen molar-refractivity contribution in [2.24, 2.45) is 0 Å². The van der Waals surface area contributed by atoms with Crippen molar-refractivity contribution in [3.8, 4) is 0 Å². The average Bonchev–Trinajstić information content (AvgIpc) is 2.48. The minimum absolute atomic E-state index is 0. The maximum Gasteiger partial charge on any atom is 0.253 e. The quantitative estimate of drug-likeness (QED) is 0.720. The average molecular weight is 362 g/mol. The normalized spacial score (nSPS) is 17.9. The molecule has 130 valence electrons. The van der Waals surface area contributed by atoms with Crippen LogP contribution in [0.2, 0.25) is 0 Å². The molecule has 0 bridgehead atoms. The Morgan fingerprint density at radius 1 is 1.35 bits per heavy atom. The number of carbonyl (C=O) groups is 1. The molecule has 1 aromatic carbocycles. The van der Waals surface area contributed by atoms with Gasteiger partial charge in [-0.3, -0.25) is 9.52 Å². The third-order valence-electron chi connectivity index (χ3n) is 3.54. The SMILES string of the molecule is CCCS(=O)(=O)Nc1ccccc1C(=O)N[C@H]1CCCNC1.Cl. The van der Waals surface area contributed by atoms with Gasteiger partial charge in [-0.15, -0.1) is 12.4 Å². The molecule has 0 unspecified atom stereocenters. The van der Waals surface area contributed by atoms with Crippen molar-refractivity contribution in [3.63, 3.8) is 0 Å². The monoisotopic (exact) mass is 361 g/mol. The fourth-order valence-corrected chi connectivity index (χ4v) is 3.65. The minimum Gasteiger partial charge on any atom is -0.348 e. The molecular weight excluding hydrogens is 338 g/mol. The first-order valence-corrected chi connectivity index (χ1v) is 9.28. The number of carbonyl (C=O) groups excluding carboxylic acids is 1. The predicted octanol–water partition coefficient (Wildman–Crippen LogP) is 1.74. The van der Waals surface area contributed by atoms with Crippen molar-refractivity contribution in [1.29, 1.82) is 0 Å². The lowest BCUT2D eigenvalue weighted by atomic mass is 10.1. The molecule has 1 amide bonds. The molecule has 1 aromatic rings. The van der Waals surface area contributed by atoms with Crippen LogP contribution in [0.5, 0.6) is 0 Å². The zero-order valence-corrected chi connectivity index (χ0v) is 14.8. The Kier molecular flexibility index (Phi) is 7.81. The van der Waals surface area contributed by atoms with Gasteiger partial charge < -0.3 is 10.6 Å². The van der Waals surface area contributed by atoms with E-state index in [0.29, 0.717) is 17.7 Å². The van der Waals surface area contributed by atoms with Gasteiger partial charge in [0, 0.05) is 12.6 Å². The van der Waals surface area contributed by atoms with E-state index in [1.165, 1.54) is 0 Å². The van der Waals surface area contributed by atoms with Crippen LogP contribution in [0.15, 0.2) is 24.3 Å². The van der Waals surface area contributed by atoms with E-state index < -0.39 is 10.0 Å². The summed E-state index contributed by atoms with van der Waals surface area (Å²) in [5.74, 6) is -0.210. The number of anilines is 1. The number of sulfonamides is 1. The van der Waals surface area contributed by atoms with Gasteiger partial charge in [-0.25, -0.2) is 8.42 Å². The highest BCUT2D eigenvalue weighted by atomic mass is 35.5. The zero-order chi connectivity index (χ0) is 16.0. The molecule has 0 radical (unpaired) electrons. The van der Waals surface area contributed by atoms with E-state index >= 15 is 0 Å². The summed E-state index contributed by atoms with van der Waals surface area (Å²) >= 11 is 0. The van der Waals surface area contributed by atoms with Gasteiger partial charge in [-0.1, -0.05) is 19.1 Å². The van der Waals surface area contributed by atoms with Gasteiger partial charge in [0.25, 0.3) is 5.91 Å². The molecule has 1 aliphatic rings. The van der Waals surface area contributed by atoms with Crippen molar-refractivity contribution in [2.75, 3.05) is 23.6 Å². The number of piperidine rings is 1. The van der Waals surface area contributed by atoms with E-state index in [9.17, 15) is 13.2 Å². The van der Waals surface area contributed by atoms with Crippen molar-refractivity contribution < 1.29 is 13.2 Å². The van der Waals surface area contributed by atoms with Gasteiger partial charge >= 0.3 is 0 Å². The first-order chi connectivity index (χ1) is 10.5. The van der Waals surface area contributed by atoms with Crippen LogP contribution in [0.25, 0.3) is 0 Å². The number of halogens is 1. The first kappa shape index (κ1) is 19.7. The molecule has 1 atom stereocenters. The maximum atomic E-state index is 12.4. The van der Waals surface area contributed by atoms with Crippen LogP contribution in [0.1, 0.15) is 36.5 Å². The van der Waals surface area contributed by atoms with E-state index in [0.717, 1.165) is 25.9 Å². The number of amides is 1. The summed E-state index contributed by atoms with van der Waals surface area (Å²) in [5, 5.41) is 6.19. The van der Waals surface area contributed by atoms with E-state index in [1.807, 2.05) is 0 Å². The molecule has 0 aromatic heterocycles. The molecule has 6 nitrogen and oxygen atoms in total. The van der Waals surface area contributed by atoms with Crippen LogP contribution in [0.4, 0.5) is 5.69 Å². The molecule has 8 heteroatoms. The summed E-state index contributed by atoms with van der Waals surface area (Å²) in [6.45, 7) is 3.52. The van der Waals surface area contributed by atoms with Crippen molar-refractivity contribution in [1.82, 2.24) is 10.6 Å². The number of para-hydroxylation sites is 1. The van der Waals surface area contributed by atoms with Gasteiger partial charge in [-0.2, -0.15) is 0 Å². The van der Waals surface area contributed by atoms with Crippen LogP contribution in [-0.2, 0) is 10.0 Å². The molecule has 1 aliphatic heterocycles. The van der Waals surface area contributed by atoms with Gasteiger partial charge in [0.1, 0.15) is 0 Å². The largest absolute Gasteiger partial charge is 0.348 e. The summed E-state index contributed by atoms with van der Waals surface area (Å²) in [6, 6.07) is 6.77. The van der Waals surface area contributed by atoms with Crippen molar-refractivity contribution in [2.45, 2.75) is 32.2 Å². The van der Waals surface area contributed by atoms with E-state index in [4.69, 9.17) is 0 Å². The summed E-state index contributed by atoms with van der Waals surface area (Å²) in [6.07, 6.45) is 2.48. The fraction of sp³-hybridized carbons (Fsp3) is 0.533. The van der Waals surface area contributed by atoms with Gasteiger partial charge in [0.15, 0.2) is 0 Å². The highest BCUT2D eigenvalue weighted by Gasteiger charge is 2.19. The zero-order valence-electron chi connectivity index (χ0n) is 13.2. The van der Waals surface area contributed by atoms with E-state index in [-0.39, 0.29) is 30.1 Å². The first-order valence-electron chi connectivity index (χ1n) is 7.63. The van der Waals surface area contributed by atoms with Crippen LogP contribution < -0.4 is 15.4 Å². The van der Waals surface area contributed by atoms with E-state index in [1.54, 1.807) is 31.2 Å².